The van der Waals surface area contributed by atoms with Gasteiger partial charge in [-0.15, -0.1) is 0 Å². The molecule has 0 fully saturated rings. The van der Waals surface area contributed by atoms with Crippen LogP contribution in [0.1, 0.15) is 33.6 Å². The van der Waals surface area contributed by atoms with E-state index in [-0.39, 0.29) is 11.1 Å². The van der Waals surface area contributed by atoms with E-state index in [9.17, 15) is 13.6 Å². The normalized spacial score (nSPS) is 10.7. The largest absolute Gasteiger partial charge is 0.352 e. The first-order chi connectivity index (χ1) is 9.99. The third-order valence-corrected chi connectivity index (χ3v) is 3.34. The summed E-state index contributed by atoms with van der Waals surface area (Å²) >= 11 is 0. The molecule has 0 aliphatic heterocycles. The maximum atomic E-state index is 13.6. The van der Waals surface area contributed by atoms with Crippen LogP contribution in [0.3, 0.4) is 0 Å². The van der Waals surface area contributed by atoms with E-state index >= 15 is 0 Å². The van der Waals surface area contributed by atoms with Crippen molar-refractivity contribution in [3.05, 3.63) is 52.3 Å². The molecule has 0 atom stereocenters. The number of carbonyl (C=O) groups excluding carboxylic acids is 1. The maximum absolute atomic E-state index is 13.6. The van der Waals surface area contributed by atoms with Gasteiger partial charge in [-0.1, -0.05) is 0 Å². The lowest BCUT2D eigenvalue weighted by molar-refractivity contribution is 0.0949. The number of carbonyl (C=O) groups is 1. The van der Waals surface area contributed by atoms with Crippen LogP contribution in [-0.2, 0) is 6.42 Å². The second-order valence-electron chi connectivity index (χ2n) is 4.96. The van der Waals surface area contributed by atoms with E-state index in [1.54, 1.807) is 6.20 Å². The van der Waals surface area contributed by atoms with Crippen molar-refractivity contribution in [2.24, 2.45) is 0 Å². The number of aromatic amines is 1. The highest BCUT2D eigenvalue weighted by Gasteiger charge is 2.14. The van der Waals surface area contributed by atoms with Crippen LogP contribution in [0.5, 0.6) is 0 Å². The van der Waals surface area contributed by atoms with Gasteiger partial charge in [0.15, 0.2) is 0 Å². The predicted molar refractivity (Wildman–Crippen MR) is 75.1 cm³/mol. The van der Waals surface area contributed by atoms with E-state index in [1.165, 1.54) is 13.0 Å². The highest BCUT2D eigenvalue weighted by atomic mass is 19.1. The lowest BCUT2D eigenvalue weighted by atomic mass is 10.1. The number of aryl methyl sites for hydroxylation is 3. The van der Waals surface area contributed by atoms with Crippen molar-refractivity contribution in [1.29, 1.82) is 0 Å². The molecule has 21 heavy (non-hydrogen) atoms. The van der Waals surface area contributed by atoms with Crippen molar-refractivity contribution >= 4 is 5.91 Å². The first-order valence-corrected chi connectivity index (χ1v) is 6.71. The molecule has 0 saturated carbocycles. The second kappa shape index (κ2) is 6.47. The van der Waals surface area contributed by atoms with Crippen LogP contribution in [0.15, 0.2) is 18.3 Å². The van der Waals surface area contributed by atoms with E-state index in [4.69, 9.17) is 0 Å². The Morgan fingerprint density at radius 2 is 2.05 bits per heavy atom. The summed E-state index contributed by atoms with van der Waals surface area (Å²) < 4.78 is 26.7. The van der Waals surface area contributed by atoms with Crippen molar-refractivity contribution < 1.29 is 13.6 Å². The van der Waals surface area contributed by atoms with Crippen molar-refractivity contribution in [3.63, 3.8) is 0 Å². The molecule has 0 saturated heterocycles. The van der Waals surface area contributed by atoms with Crippen molar-refractivity contribution in [2.45, 2.75) is 26.7 Å². The first kappa shape index (κ1) is 15.2. The van der Waals surface area contributed by atoms with E-state index in [1.807, 2.05) is 6.92 Å². The molecule has 0 unspecified atom stereocenters. The third-order valence-electron chi connectivity index (χ3n) is 3.34. The molecule has 0 bridgehead atoms. The molecule has 2 aromatic rings. The van der Waals surface area contributed by atoms with Gasteiger partial charge in [0.25, 0.3) is 5.91 Å². The number of hydrogen-bond acceptors (Lipinski definition) is 2. The Bertz CT molecular complexity index is 652. The average Bonchev–Trinajstić information content (AvgIpc) is 2.84. The fourth-order valence-electron chi connectivity index (χ4n) is 2.03. The number of nitrogens with zero attached hydrogens (tertiary/aromatic N) is 1. The minimum Gasteiger partial charge on any atom is -0.352 e. The van der Waals surface area contributed by atoms with Gasteiger partial charge in [0.2, 0.25) is 0 Å². The molecule has 2 rings (SSSR count). The average molecular weight is 293 g/mol. The quantitative estimate of drug-likeness (QED) is 0.833. The molecular formula is C15H17F2N3O. The highest BCUT2D eigenvalue weighted by molar-refractivity contribution is 5.94. The number of amides is 1. The Morgan fingerprint density at radius 1 is 1.29 bits per heavy atom. The van der Waals surface area contributed by atoms with Crippen LogP contribution in [0.4, 0.5) is 8.78 Å². The van der Waals surface area contributed by atoms with Gasteiger partial charge in [-0.3, -0.25) is 9.89 Å². The topological polar surface area (TPSA) is 57.8 Å². The van der Waals surface area contributed by atoms with Gasteiger partial charge < -0.3 is 5.32 Å². The summed E-state index contributed by atoms with van der Waals surface area (Å²) in [5.74, 6) is -2.03. The summed E-state index contributed by atoms with van der Waals surface area (Å²) in [5, 5.41) is 9.39. The van der Waals surface area contributed by atoms with Crippen LogP contribution in [0.2, 0.25) is 0 Å². The fourth-order valence-corrected chi connectivity index (χ4v) is 2.03. The summed E-state index contributed by atoms with van der Waals surface area (Å²) in [6.45, 7) is 3.84. The Kier molecular flexibility index (Phi) is 4.67. The zero-order valence-corrected chi connectivity index (χ0v) is 12.0. The van der Waals surface area contributed by atoms with Crippen molar-refractivity contribution in [2.75, 3.05) is 6.54 Å². The van der Waals surface area contributed by atoms with Gasteiger partial charge in [0.1, 0.15) is 11.6 Å². The number of rotatable bonds is 5. The van der Waals surface area contributed by atoms with Crippen LogP contribution in [0, 0.1) is 25.5 Å². The molecule has 0 spiro atoms. The molecule has 0 aliphatic rings. The standard InChI is InChI=1S/C15H17F2N3O/c1-9-6-12(14(17)7-13(9)16)15(21)18-5-3-4-11-8-19-20-10(11)2/h6-8H,3-5H2,1-2H3,(H,18,21)(H,19,20). The highest BCUT2D eigenvalue weighted by Crippen LogP contribution is 2.14. The smallest absolute Gasteiger partial charge is 0.254 e. The molecule has 2 N–H and O–H groups in total. The van der Waals surface area contributed by atoms with Crippen LogP contribution >= 0.6 is 0 Å². The molecule has 4 nitrogen and oxygen atoms in total. The van der Waals surface area contributed by atoms with Crippen LogP contribution < -0.4 is 5.32 Å². The Hall–Kier alpha value is -2.24. The number of nitrogens with one attached hydrogen (secondary N) is 2. The van der Waals surface area contributed by atoms with E-state index in [0.29, 0.717) is 13.0 Å². The maximum Gasteiger partial charge on any atom is 0.254 e. The molecular weight excluding hydrogens is 276 g/mol. The number of halogens is 2. The first-order valence-electron chi connectivity index (χ1n) is 6.71. The van der Waals surface area contributed by atoms with E-state index in [2.05, 4.69) is 15.5 Å². The van der Waals surface area contributed by atoms with Gasteiger partial charge in [-0.25, -0.2) is 8.78 Å². The van der Waals surface area contributed by atoms with Crippen molar-refractivity contribution in [1.82, 2.24) is 15.5 Å². The Morgan fingerprint density at radius 3 is 2.71 bits per heavy atom. The molecule has 0 radical (unpaired) electrons. The number of aromatic nitrogens is 2. The summed E-state index contributed by atoms with van der Waals surface area (Å²) in [7, 11) is 0. The van der Waals surface area contributed by atoms with Gasteiger partial charge in [0, 0.05) is 18.3 Å². The van der Waals surface area contributed by atoms with Crippen LogP contribution in [-0.4, -0.2) is 22.6 Å². The van der Waals surface area contributed by atoms with Gasteiger partial charge in [0.05, 0.1) is 11.8 Å². The van der Waals surface area contributed by atoms with Crippen LogP contribution in [0.25, 0.3) is 0 Å². The summed E-state index contributed by atoms with van der Waals surface area (Å²) in [6, 6.07) is 1.96. The number of hydrogen-bond donors (Lipinski definition) is 2. The summed E-state index contributed by atoms with van der Waals surface area (Å²) in [4.78, 5) is 11.9. The van der Waals surface area contributed by atoms with E-state index in [0.717, 1.165) is 23.7 Å². The third kappa shape index (κ3) is 3.65. The zero-order chi connectivity index (χ0) is 15.4. The lowest BCUT2D eigenvalue weighted by Crippen LogP contribution is -2.26. The minimum absolute atomic E-state index is 0.131. The van der Waals surface area contributed by atoms with Gasteiger partial charge in [-0.05, 0) is 43.9 Å². The lowest BCUT2D eigenvalue weighted by Gasteiger charge is -2.07. The van der Waals surface area contributed by atoms with Gasteiger partial charge in [-0.2, -0.15) is 5.10 Å². The molecule has 1 aromatic carbocycles. The predicted octanol–water partition coefficient (Wildman–Crippen LogP) is 2.67. The molecule has 1 aromatic heterocycles. The molecule has 112 valence electrons. The Balaban J connectivity index is 1.88. The molecule has 1 amide bonds. The molecule has 6 heteroatoms. The number of benzene rings is 1. The Labute approximate surface area is 121 Å². The van der Waals surface area contributed by atoms with Gasteiger partial charge >= 0.3 is 0 Å². The fraction of sp³-hybridized carbons (Fsp3) is 0.333. The molecule has 1 heterocycles. The second-order valence-corrected chi connectivity index (χ2v) is 4.96. The minimum atomic E-state index is -0.846. The SMILES string of the molecule is Cc1cc(C(=O)NCCCc2cn[nH]c2C)c(F)cc1F. The molecule has 0 aliphatic carbocycles. The number of H-pyrrole nitrogens is 1. The monoisotopic (exact) mass is 293 g/mol. The summed E-state index contributed by atoms with van der Waals surface area (Å²) in [5.41, 5.74) is 2.21. The summed E-state index contributed by atoms with van der Waals surface area (Å²) in [6.07, 6.45) is 3.24. The zero-order valence-electron chi connectivity index (χ0n) is 12.0. The van der Waals surface area contributed by atoms with E-state index < -0.39 is 17.5 Å². The van der Waals surface area contributed by atoms with Crippen molar-refractivity contribution in [3.8, 4) is 0 Å².